The van der Waals surface area contributed by atoms with Crippen molar-refractivity contribution in [2.24, 2.45) is 0 Å². The average Bonchev–Trinajstić information content (AvgIpc) is 2.33. The van der Waals surface area contributed by atoms with Gasteiger partial charge >= 0.3 is 0 Å². The van der Waals surface area contributed by atoms with Crippen LogP contribution >= 0.6 is 0 Å². The molecule has 68 valence electrons. The standard InChI is InChI=1S/C10H18N2/c1-3-10(2)9-12-7-4-5-11-6-8-12/h3,11H,1-2,4-9H2. The molecule has 0 atom stereocenters. The zero-order valence-corrected chi connectivity index (χ0v) is 7.68. The van der Waals surface area contributed by atoms with Gasteiger partial charge in [-0.15, -0.1) is 0 Å². The van der Waals surface area contributed by atoms with Gasteiger partial charge in [0.1, 0.15) is 0 Å². The molecule has 1 aliphatic rings. The minimum Gasteiger partial charge on any atom is -0.315 e. The van der Waals surface area contributed by atoms with Gasteiger partial charge in [0, 0.05) is 19.6 Å². The molecule has 0 aromatic heterocycles. The van der Waals surface area contributed by atoms with Gasteiger partial charge in [-0.3, -0.25) is 4.90 Å². The van der Waals surface area contributed by atoms with E-state index in [9.17, 15) is 0 Å². The number of rotatable bonds is 3. The van der Waals surface area contributed by atoms with Gasteiger partial charge in [0.15, 0.2) is 0 Å². The number of hydrogen-bond acceptors (Lipinski definition) is 2. The Labute approximate surface area is 74.9 Å². The highest BCUT2D eigenvalue weighted by molar-refractivity contribution is 5.12. The zero-order valence-electron chi connectivity index (χ0n) is 7.68. The van der Waals surface area contributed by atoms with E-state index in [-0.39, 0.29) is 0 Å². The summed E-state index contributed by atoms with van der Waals surface area (Å²) < 4.78 is 0. The fraction of sp³-hybridized carbons (Fsp3) is 0.600. The maximum Gasteiger partial charge on any atom is 0.0228 e. The SMILES string of the molecule is C=CC(=C)CN1CCCNCC1. The van der Waals surface area contributed by atoms with E-state index in [1.54, 1.807) is 0 Å². The summed E-state index contributed by atoms with van der Waals surface area (Å²) in [4.78, 5) is 2.42. The molecule has 1 saturated heterocycles. The molecule has 1 fully saturated rings. The van der Waals surface area contributed by atoms with Gasteiger partial charge in [0.05, 0.1) is 0 Å². The van der Waals surface area contributed by atoms with Crippen LogP contribution in [0, 0.1) is 0 Å². The fourth-order valence-corrected chi connectivity index (χ4v) is 1.41. The maximum atomic E-state index is 3.92. The van der Waals surface area contributed by atoms with Gasteiger partial charge in [-0.2, -0.15) is 0 Å². The Balaban J connectivity index is 2.29. The van der Waals surface area contributed by atoms with Crippen molar-refractivity contribution in [3.05, 3.63) is 24.8 Å². The first-order chi connectivity index (χ1) is 5.83. The second-order valence-corrected chi connectivity index (χ2v) is 3.24. The van der Waals surface area contributed by atoms with E-state index in [0.29, 0.717) is 0 Å². The highest BCUT2D eigenvalue weighted by atomic mass is 15.1. The lowest BCUT2D eigenvalue weighted by Crippen LogP contribution is -2.29. The van der Waals surface area contributed by atoms with Crippen molar-refractivity contribution in [2.45, 2.75) is 6.42 Å². The van der Waals surface area contributed by atoms with E-state index in [2.05, 4.69) is 23.4 Å². The topological polar surface area (TPSA) is 15.3 Å². The third-order valence-electron chi connectivity index (χ3n) is 2.15. The van der Waals surface area contributed by atoms with Gasteiger partial charge in [0.2, 0.25) is 0 Å². The molecule has 0 bridgehead atoms. The lowest BCUT2D eigenvalue weighted by molar-refractivity contribution is 0.319. The smallest absolute Gasteiger partial charge is 0.0228 e. The Hall–Kier alpha value is -0.600. The van der Waals surface area contributed by atoms with Crippen molar-refractivity contribution in [1.29, 1.82) is 0 Å². The minimum absolute atomic E-state index is 0.977. The highest BCUT2D eigenvalue weighted by Crippen LogP contribution is 2.00. The van der Waals surface area contributed by atoms with E-state index in [1.165, 1.54) is 13.0 Å². The van der Waals surface area contributed by atoms with Crippen LogP contribution in [0.25, 0.3) is 0 Å². The van der Waals surface area contributed by atoms with Crippen LogP contribution in [0.4, 0.5) is 0 Å². The third kappa shape index (κ3) is 3.20. The molecule has 0 amide bonds. The van der Waals surface area contributed by atoms with E-state index < -0.39 is 0 Å². The highest BCUT2D eigenvalue weighted by Gasteiger charge is 2.07. The van der Waals surface area contributed by atoms with E-state index in [1.807, 2.05) is 6.08 Å². The average molecular weight is 166 g/mol. The summed E-state index contributed by atoms with van der Waals surface area (Å²) >= 11 is 0. The molecule has 12 heavy (non-hydrogen) atoms. The molecule has 0 aromatic carbocycles. The number of nitrogens with zero attached hydrogens (tertiary/aromatic N) is 1. The Kier molecular flexibility index (Phi) is 4.05. The Morgan fingerprint density at radius 2 is 2.25 bits per heavy atom. The molecule has 1 aliphatic heterocycles. The first-order valence-corrected chi connectivity index (χ1v) is 4.56. The zero-order chi connectivity index (χ0) is 8.81. The number of nitrogens with one attached hydrogen (secondary N) is 1. The first-order valence-electron chi connectivity index (χ1n) is 4.56. The van der Waals surface area contributed by atoms with Crippen molar-refractivity contribution in [2.75, 3.05) is 32.7 Å². The Morgan fingerprint density at radius 1 is 1.42 bits per heavy atom. The lowest BCUT2D eigenvalue weighted by Gasteiger charge is -2.19. The largest absolute Gasteiger partial charge is 0.315 e. The predicted octanol–water partition coefficient (Wildman–Crippen LogP) is 1.02. The molecule has 2 nitrogen and oxygen atoms in total. The molecule has 0 spiro atoms. The van der Waals surface area contributed by atoms with Gasteiger partial charge in [-0.05, 0) is 25.1 Å². The third-order valence-corrected chi connectivity index (χ3v) is 2.15. The predicted molar refractivity (Wildman–Crippen MR) is 53.3 cm³/mol. The normalized spacial score (nSPS) is 20.0. The summed E-state index contributed by atoms with van der Waals surface area (Å²) in [5.74, 6) is 0. The van der Waals surface area contributed by atoms with Crippen LogP contribution in [-0.4, -0.2) is 37.6 Å². The van der Waals surface area contributed by atoms with Crippen LogP contribution in [-0.2, 0) is 0 Å². The van der Waals surface area contributed by atoms with Crippen LogP contribution in [0.15, 0.2) is 24.8 Å². The van der Waals surface area contributed by atoms with Crippen LogP contribution < -0.4 is 5.32 Å². The minimum atomic E-state index is 0.977. The van der Waals surface area contributed by atoms with Crippen LogP contribution in [0.3, 0.4) is 0 Å². The summed E-state index contributed by atoms with van der Waals surface area (Å²) in [6, 6.07) is 0. The maximum absolute atomic E-state index is 3.92. The molecule has 0 aromatic rings. The molecule has 0 unspecified atom stereocenters. The second kappa shape index (κ2) is 5.12. The van der Waals surface area contributed by atoms with Crippen molar-refractivity contribution in [1.82, 2.24) is 10.2 Å². The van der Waals surface area contributed by atoms with Gasteiger partial charge in [0.25, 0.3) is 0 Å². The molecular formula is C10H18N2. The van der Waals surface area contributed by atoms with E-state index in [4.69, 9.17) is 0 Å². The van der Waals surface area contributed by atoms with Crippen LogP contribution in [0.2, 0.25) is 0 Å². The van der Waals surface area contributed by atoms with Gasteiger partial charge in [-0.25, -0.2) is 0 Å². The molecular weight excluding hydrogens is 148 g/mol. The monoisotopic (exact) mass is 166 g/mol. The fourth-order valence-electron chi connectivity index (χ4n) is 1.41. The molecule has 0 aliphatic carbocycles. The summed E-state index contributed by atoms with van der Waals surface area (Å²) in [6.07, 6.45) is 3.09. The van der Waals surface area contributed by atoms with Crippen molar-refractivity contribution in [3.63, 3.8) is 0 Å². The van der Waals surface area contributed by atoms with Crippen molar-refractivity contribution < 1.29 is 0 Å². The van der Waals surface area contributed by atoms with Crippen LogP contribution in [0.5, 0.6) is 0 Å². The molecule has 0 radical (unpaired) electrons. The quantitative estimate of drug-likeness (QED) is 0.630. The van der Waals surface area contributed by atoms with E-state index in [0.717, 1.165) is 31.8 Å². The summed E-state index contributed by atoms with van der Waals surface area (Å²) in [5.41, 5.74) is 1.12. The Morgan fingerprint density at radius 3 is 3.00 bits per heavy atom. The molecule has 2 heteroatoms. The molecule has 1 N–H and O–H groups in total. The molecule has 1 heterocycles. The summed E-state index contributed by atoms with van der Waals surface area (Å²) in [7, 11) is 0. The summed E-state index contributed by atoms with van der Waals surface area (Å²) in [5, 5.41) is 3.37. The van der Waals surface area contributed by atoms with Crippen molar-refractivity contribution >= 4 is 0 Å². The van der Waals surface area contributed by atoms with Crippen molar-refractivity contribution in [3.8, 4) is 0 Å². The lowest BCUT2D eigenvalue weighted by atomic mass is 10.2. The number of hydrogen-bond donors (Lipinski definition) is 1. The molecule has 1 rings (SSSR count). The van der Waals surface area contributed by atoms with Gasteiger partial charge < -0.3 is 5.32 Å². The van der Waals surface area contributed by atoms with E-state index >= 15 is 0 Å². The van der Waals surface area contributed by atoms with Crippen LogP contribution in [0.1, 0.15) is 6.42 Å². The Bertz CT molecular complexity index is 155. The first kappa shape index (κ1) is 9.49. The molecule has 0 saturated carbocycles. The van der Waals surface area contributed by atoms with Gasteiger partial charge in [-0.1, -0.05) is 19.2 Å². The second-order valence-electron chi connectivity index (χ2n) is 3.24. The summed E-state index contributed by atoms with van der Waals surface area (Å²) in [6.45, 7) is 13.2.